The standard InChI is InChI=1S/C23H40N3O5PS/c1-14(2)18(26(7)22(29)31-23(4,5)6)9-10-19-25-17(13-33-19)20(27)24-16(12-32)11-15(3)21(28)30-8/h13-16,18H,9-12,32H2,1-8H3,(H,24,27)/t15-,16+,18+/m0/s1. The van der Waals surface area contributed by atoms with E-state index in [2.05, 4.69) is 33.4 Å². The van der Waals surface area contributed by atoms with Crippen LogP contribution in [0, 0.1) is 11.8 Å². The fraction of sp³-hybridized carbons (Fsp3) is 0.739. The first kappa shape index (κ1) is 29.3. The number of carbonyl (C=O) groups is 3. The molecule has 0 aliphatic carbocycles. The van der Waals surface area contributed by atoms with Crippen molar-refractivity contribution in [1.82, 2.24) is 15.2 Å². The van der Waals surface area contributed by atoms with Crippen LogP contribution < -0.4 is 5.32 Å². The Morgan fingerprint density at radius 3 is 2.39 bits per heavy atom. The Hall–Kier alpha value is -1.73. The third kappa shape index (κ3) is 9.97. The number of hydrogen-bond acceptors (Lipinski definition) is 7. The smallest absolute Gasteiger partial charge is 0.410 e. The normalized spacial score (nSPS) is 14.4. The number of thiazole rings is 1. The molecule has 0 aliphatic heterocycles. The third-order valence-corrected chi connectivity index (χ3v) is 6.73. The number of esters is 1. The van der Waals surface area contributed by atoms with Gasteiger partial charge in [-0.05, 0) is 45.7 Å². The maximum atomic E-state index is 12.7. The van der Waals surface area contributed by atoms with Crippen molar-refractivity contribution in [3.8, 4) is 0 Å². The van der Waals surface area contributed by atoms with Gasteiger partial charge < -0.3 is 19.7 Å². The van der Waals surface area contributed by atoms with Gasteiger partial charge in [0, 0.05) is 30.9 Å². The van der Waals surface area contributed by atoms with E-state index in [1.807, 2.05) is 20.8 Å². The van der Waals surface area contributed by atoms with Crippen LogP contribution in [0.5, 0.6) is 0 Å². The van der Waals surface area contributed by atoms with E-state index in [0.717, 1.165) is 5.01 Å². The number of hydrogen-bond donors (Lipinski definition) is 1. The molecule has 0 saturated carbocycles. The van der Waals surface area contributed by atoms with Gasteiger partial charge in [0.1, 0.15) is 11.3 Å². The molecule has 0 saturated heterocycles. The fourth-order valence-electron chi connectivity index (χ4n) is 3.44. The molecule has 1 aromatic heterocycles. The summed E-state index contributed by atoms with van der Waals surface area (Å²) in [4.78, 5) is 43.0. The lowest BCUT2D eigenvalue weighted by atomic mass is 9.98. The monoisotopic (exact) mass is 501 g/mol. The van der Waals surface area contributed by atoms with E-state index in [1.165, 1.54) is 18.4 Å². The van der Waals surface area contributed by atoms with Crippen molar-refractivity contribution >= 4 is 38.5 Å². The summed E-state index contributed by atoms with van der Waals surface area (Å²) in [5.41, 5.74) is -0.181. The zero-order valence-electron chi connectivity index (χ0n) is 21.1. The van der Waals surface area contributed by atoms with Crippen molar-refractivity contribution in [2.45, 2.75) is 78.5 Å². The van der Waals surface area contributed by atoms with E-state index < -0.39 is 5.60 Å². The predicted molar refractivity (Wildman–Crippen MR) is 135 cm³/mol. The molecule has 0 radical (unpaired) electrons. The van der Waals surface area contributed by atoms with Gasteiger partial charge >= 0.3 is 12.1 Å². The van der Waals surface area contributed by atoms with Gasteiger partial charge in [-0.2, -0.15) is 0 Å². The van der Waals surface area contributed by atoms with Crippen LogP contribution in [0.15, 0.2) is 5.38 Å². The molecule has 33 heavy (non-hydrogen) atoms. The number of aromatic nitrogens is 1. The summed E-state index contributed by atoms with van der Waals surface area (Å²) >= 11 is 1.43. The molecule has 4 atom stereocenters. The Bertz CT molecular complexity index is 793. The van der Waals surface area contributed by atoms with Crippen molar-refractivity contribution < 1.29 is 23.9 Å². The highest BCUT2D eigenvalue weighted by Gasteiger charge is 2.28. The van der Waals surface area contributed by atoms with E-state index >= 15 is 0 Å². The predicted octanol–water partition coefficient (Wildman–Crippen LogP) is 4.14. The second-order valence-corrected chi connectivity index (χ2v) is 11.0. The van der Waals surface area contributed by atoms with Gasteiger partial charge in [0.05, 0.1) is 18.0 Å². The first-order valence-electron chi connectivity index (χ1n) is 11.3. The number of rotatable bonds is 11. The molecule has 0 bridgehead atoms. The Balaban J connectivity index is 2.73. The summed E-state index contributed by atoms with van der Waals surface area (Å²) in [5, 5.41) is 5.54. The number of amides is 2. The summed E-state index contributed by atoms with van der Waals surface area (Å²) in [6.07, 6.45) is 2.14. The average molecular weight is 502 g/mol. The highest BCUT2D eigenvalue weighted by Crippen LogP contribution is 2.21. The number of carbonyl (C=O) groups excluding carboxylic acids is 3. The van der Waals surface area contributed by atoms with Crippen LogP contribution in [-0.2, 0) is 20.7 Å². The molecule has 8 nitrogen and oxygen atoms in total. The van der Waals surface area contributed by atoms with Gasteiger partial charge in [-0.25, -0.2) is 9.78 Å². The quantitative estimate of drug-likeness (QED) is 0.362. The van der Waals surface area contributed by atoms with Gasteiger partial charge in [-0.3, -0.25) is 9.59 Å². The van der Waals surface area contributed by atoms with Crippen LogP contribution in [-0.4, -0.2) is 65.9 Å². The molecule has 0 spiro atoms. The summed E-state index contributed by atoms with van der Waals surface area (Å²) in [6, 6.07) is -0.183. The largest absolute Gasteiger partial charge is 0.469 e. The third-order valence-electron chi connectivity index (χ3n) is 5.25. The van der Waals surface area contributed by atoms with Gasteiger partial charge in [-0.15, -0.1) is 20.6 Å². The molecule has 1 N–H and O–H groups in total. The Kier molecular flexibility index (Phi) is 11.7. The van der Waals surface area contributed by atoms with Crippen LogP contribution in [0.3, 0.4) is 0 Å². The molecular formula is C23H40N3O5PS. The van der Waals surface area contributed by atoms with Crippen LogP contribution in [0.1, 0.15) is 69.9 Å². The summed E-state index contributed by atoms with van der Waals surface area (Å²) in [5.74, 6) is -0.611. The van der Waals surface area contributed by atoms with E-state index in [0.29, 0.717) is 31.1 Å². The molecule has 188 valence electrons. The molecule has 2 amide bonds. The SMILES string of the molecule is COC(=O)[C@@H](C)C[C@H](CP)NC(=O)c1csc(CC[C@H](C(C)C)N(C)C(=O)OC(C)(C)C)n1. The van der Waals surface area contributed by atoms with Gasteiger partial charge in [0.25, 0.3) is 5.91 Å². The van der Waals surface area contributed by atoms with Crippen LogP contribution >= 0.6 is 20.6 Å². The molecule has 1 unspecified atom stereocenters. The van der Waals surface area contributed by atoms with Crippen molar-refractivity contribution in [2.75, 3.05) is 20.3 Å². The maximum Gasteiger partial charge on any atom is 0.410 e. The van der Waals surface area contributed by atoms with Crippen molar-refractivity contribution in [3.05, 3.63) is 16.1 Å². The van der Waals surface area contributed by atoms with E-state index in [4.69, 9.17) is 9.47 Å². The summed E-state index contributed by atoms with van der Waals surface area (Å²) in [7, 11) is 5.72. The van der Waals surface area contributed by atoms with Crippen molar-refractivity contribution in [1.29, 1.82) is 0 Å². The number of nitrogens with one attached hydrogen (secondary N) is 1. The Morgan fingerprint density at radius 1 is 1.24 bits per heavy atom. The van der Waals surface area contributed by atoms with Crippen LogP contribution in [0.4, 0.5) is 4.79 Å². The molecule has 1 heterocycles. The van der Waals surface area contributed by atoms with E-state index in [9.17, 15) is 14.4 Å². The minimum atomic E-state index is -0.548. The van der Waals surface area contributed by atoms with Gasteiger partial charge in [0.15, 0.2) is 0 Å². The van der Waals surface area contributed by atoms with E-state index in [1.54, 1.807) is 24.3 Å². The number of aryl methyl sites for hydroxylation is 1. The number of nitrogens with zero attached hydrogens (tertiary/aromatic N) is 2. The van der Waals surface area contributed by atoms with Crippen molar-refractivity contribution in [3.63, 3.8) is 0 Å². The molecular weight excluding hydrogens is 461 g/mol. The van der Waals surface area contributed by atoms with Crippen LogP contribution in [0.25, 0.3) is 0 Å². The molecule has 0 fully saturated rings. The lowest BCUT2D eigenvalue weighted by Crippen LogP contribution is -2.43. The molecule has 0 aromatic carbocycles. The second-order valence-electron chi connectivity index (χ2n) is 9.63. The first-order chi connectivity index (χ1) is 15.3. The lowest BCUT2D eigenvalue weighted by molar-refractivity contribution is -0.145. The maximum absolute atomic E-state index is 12.7. The number of ether oxygens (including phenoxy) is 2. The number of methoxy groups -OCH3 is 1. The van der Waals surface area contributed by atoms with Crippen LogP contribution in [0.2, 0.25) is 0 Å². The van der Waals surface area contributed by atoms with Gasteiger partial charge in [-0.1, -0.05) is 20.8 Å². The molecule has 1 rings (SSSR count). The fourth-order valence-corrected chi connectivity index (χ4v) is 4.55. The van der Waals surface area contributed by atoms with Gasteiger partial charge in [0.2, 0.25) is 0 Å². The molecule has 1 aromatic rings. The zero-order valence-corrected chi connectivity index (χ0v) is 23.1. The highest BCUT2D eigenvalue weighted by atomic mass is 32.1. The minimum Gasteiger partial charge on any atom is -0.469 e. The first-order valence-corrected chi connectivity index (χ1v) is 13.0. The Labute approximate surface area is 204 Å². The lowest BCUT2D eigenvalue weighted by Gasteiger charge is -2.33. The zero-order chi connectivity index (χ0) is 25.3. The molecule has 0 aliphatic rings. The average Bonchev–Trinajstić information content (AvgIpc) is 3.20. The van der Waals surface area contributed by atoms with Crippen molar-refractivity contribution in [2.24, 2.45) is 11.8 Å². The minimum absolute atomic E-state index is 0.0117. The molecule has 10 heteroatoms. The topological polar surface area (TPSA) is 97.8 Å². The van der Waals surface area contributed by atoms with E-state index in [-0.39, 0.29) is 41.9 Å². The Morgan fingerprint density at radius 2 is 1.88 bits per heavy atom. The highest BCUT2D eigenvalue weighted by molar-refractivity contribution is 7.16. The second kappa shape index (κ2) is 13.2. The summed E-state index contributed by atoms with van der Waals surface area (Å²) < 4.78 is 10.3. The summed E-state index contributed by atoms with van der Waals surface area (Å²) in [6.45, 7) is 11.5.